The first-order chi connectivity index (χ1) is 9.59. The van der Waals surface area contributed by atoms with E-state index < -0.39 is 10.0 Å². The molecule has 0 amide bonds. The second-order valence-electron chi connectivity index (χ2n) is 6.11. The molecule has 1 heterocycles. The van der Waals surface area contributed by atoms with Crippen LogP contribution in [0.15, 0.2) is 0 Å². The molecule has 1 saturated carbocycles. The second kappa shape index (κ2) is 7.39. The van der Waals surface area contributed by atoms with Crippen molar-refractivity contribution in [2.24, 2.45) is 5.92 Å². The molecule has 1 aliphatic carbocycles. The minimum absolute atomic E-state index is 0.0542. The van der Waals surface area contributed by atoms with Gasteiger partial charge in [-0.25, -0.2) is 13.1 Å². The van der Waals surface area contributed by atoms with E-state index in [1.54, 1.807) is 0 Å². The van der Waals surface area contributed by atoms with Gasteiger partial charge < -0.3 is 0 Å². The molecular weight excluding hydrogens is 274 g/mol. The summed E-state index contributed by atoms with van der Waals surface area (Å²) in [6.07, 6.45) is 7.33. The molecule has 0 aromatic rings. The summed E-state index contributed by atoms with van der Waals surface area (Å²) in [6, 6.07) is 2.20. The summed E-state index contributed by atoms with van der Waals surface area (Å²) < 4.78 is 27.3. The van der Waals surface area contributed by atoms with Crippen LogP contribution in [-0.4, -0.2) is 44.7 Å². The van der Waals surface area contributed by atoms with Gasteiger partial charge in [0, 0.05) is 19.1 Å². The summed E-state index contributed by atoms with van der Waals surface area (Å²) in [5.41, 5.74) is 0. The standard InChI is InChI=1S/C14H25N3O2S/c15-8-11-17-9-6-14(7-10-17)16-20(18,19)12-13-4-2-1-3-5-13/h13-14,16H,1-7,9-12H2. The number of hydrogen-bond acceptors (Lipinski definition) is 4. The summed E-state index contributed by atoms with van der Waals surface area (Å²) in [5, 5.41) is 8.65. The zero-order valence-electron chi connectivity index (χ0n) is 12.1. The van der Waals surface area contributed by atoms with Gasteiger partial charge in [0.2, 0.25) is 10.0 Å². The number of likely N-dealkylation sites (tertiary alicyclic amines) is 1. The molecule has 0 radical (unpaired) electrons. The fourth-order valence-corrected chi connectivity index (χ4v) is 5.07. The lowest BCUT2D eigenvalue weighted by Crippen LogP contribution is -2.45. The average molecular weight is 299 g/mol. The molecule has 1 aliphatic heterocycles. The van der Waals surface area contributed by atoms with Gasteiger partial charge in [-0.3, -0.25) is 4.90 Å². The monoisotopic (exact) mass is 299 g/mol. The van der Waals surface area contributed by atoms with Crippen molar-refractivity contribution in [3.63, 3.8) is 0 Å². The van der Waals surface area contributed by atoms with Gasteiger partial charge in [-0.05, 0) is 31.6 Å². The molecule has 0 aromatic carbocycles. The van der Waals surface area contributed by atoms with Crippen molar-refractivity contribution >= 4 is 10.0 Å². The van der Waals surface area contributed by atoms with Gasteiger partial charge in [0.05, 0.1) is 18.4 Å². The molecular formula is C14H25N3O2S. The van der Waals surface area contributed by atoms with Crippen LogP contribution in [-0.2, 0) is 10.0 Å². The molecule has 0 aromatic heterocycles. The van der Waals surface area contributed by atoms with Crippen molar-refractivity contribution in [3.8, 4) is 6.07 Å². The molecule has 6 heteroatoms. The highest BCUT2D eigenvalue weighted by Crippen LogP contribution is 2.25. The molecule has 5 nitrogen and oxygen atoms in total. The molecule has 0 spiro atoms. The first-order valence-electron chi connectivity index (χ1n) is 7.68. The van der Waals surface area contributed by atoms with Crippen molar-refractivity contribution in [3.05, 3.63) is 0 Å². The van der Waals surface area contributed by atoms with E-state index in [0.29, 0.717) is 18.2 Å². The van der Waals surface area contributed by atoms with E-state index in [1.807, 2.05) is 0 Å². The number of piperidine rings is 1. The van der Waals surface area contributed by atoms with Crippen molar-refractivity contribution < 1.29 is 8.42 Å². The Morgan fingerprint density at radius 1 is 1.10 bits per heavy atom. The van der Waals surface area contributed by atoms with Gasteiger partial charge in [0.15, 0.2) is 0 Å². The Labute approximate surface area is 122 Å². The highest BCUT2D eigenvalue weighted by molar-refractivity contribution is 7.89. The third-order valence-corrected chi connectivity index (χ3v) is 6.01. The van der Waals surface area contributed by atoms with Gasteiger partial charge in [0.1, 0.15) is 0 Å². The van der Waals surface area contributed by atoms with Crippen LogP contribution in [0.1, 0.15) is 44.9 Å². The topological polar surface area (TPSA) is 73.2 Å². The fraction of sp³-hybridized carbons (Fsp3) is 0.929. The Morgan fingerprint density at radius 3 is 2.35 bits per heavy atom. The van der Waals surface area contributed by atoms with E-state index in [2.05, 4.69) is 15.7 Å². The predicted octanol–water partition coefficient (Wildman–Crippen LogP) is 1.47. The number of nitriles is 1. The zero-order valence-corrected chi connectivity index (χ0v) is 12.9. The number of rotatable bonds is 5. The van der Waals surface area contributed by atoms with Crippen molar-refractivity contribution in [1.82, 2.24) is 9.62 Å². The minimum Gasteiger partial charge on any atom is -0.290 e. The van der Waals surface area contributed by atoms with Gasteiger partial charge in [-0.2, -0.15) is 5.26 Å². The Balaban J connectivity index is 1.76. The second-order valence-corrected chi connectivity index (χ2v) is 7.91. The van der Waals surface area contributed by atoms with E-state index in [-0.39, 0.29) is 6.04 Å². The molecule has 2 aliphatic rings. The molecule has 0 atom stereocenters. The smallest absolute Gasteiger partial charge is 0.212 e. The quantitative estimate of drug-likeness (QED) is 0.780. The minimum atomic E-state index is -3.14. The van der Waals surface area contributed by atoms with Crippen LogP contribution >= 0.6 is 0 Å². The fourth-order valence-electron chi connectivity index (χ4n) is 3.28. The molecule has 20 heavy (non-hydrogen) atoms. The lowest BCUT2D eigenvalue weighted by atomic mass is 9.91. The van der Waals surface area contributed by atoms with Crippen LogP contribution in [0.25, 0.3) is 0 Å². The molecule has 0 unspecified atom stereocenters. The van der Waals surface area contributed by atoms with E-state index in [0.717, 1.165) is 38.8 Å². The molecule has 114 valence electrons. The maximum atomic E-state index is 12.2. The summed E-state index contributed by atoms with van der Waals surface area (Å²) in [6.45, 7) is 2.07. The van der Waals surface area contributed by atoms with Gasteiger partial charge in [-0.15, -0.1) is 0 Å². The lowest BCUT2D eigenvalue weighted by molar-refractivity contribution is 0.228. The highest BCUT2D eigenvalue weighted by atomic mass is 32.2. The van der Waals surface area contributed by atoms with E-state index >= 15 is 0 Å². The van der Waals surface area contributed by atoms with Crippen molar-refractivity contribution in [2.45, 2.75) is 51.0 Å². The van der Waals surface area contributed by atoms with Crippen LogP contribution in [0.3, 0.4) is 0 Å². The molecule has 2 fully saturated rings. The van der Waals surface area contributed by atoms with Crippen LogP contribution in [0.2, 0.25) is 0 Å². The molecule has 0 bridgehead atoms. The summed E-state index contributed by atoms with van der Waals surface area (Å²) in [7, 11) is -3.14. The molecule has 1 saturated heterocycles. The molecule has 2 rings (SSSR count). The number of nitrogens with zero attached hydrogens (tertiary/aromatic N) is 2. The maximum absolute atomic E-state index is 12.2. The van der Waals surface area contributed by atoms with Crippen molar-refractivity contribution in [1.29, 1.82) is 5.26 Å². The van der Waals surface area contributed by atoms with E-state index in [4.69, 9.17) is 5.26 Å². The van der Waals surface area contributed by atoms with Gasteiger partial charge in [0.25, 0.3) is 0 Å². The summed E-state index contributed by atoms with van der Waals surface area (Å²) in [4.78, 5) is 2.08. The Bertz CT molecular complexity index is 430. The third-order valence-electron chi connectivity index (χ3n) is 4.41. The highest BCUT2D eigenvalue weighted by Gasteiger charge is 2.26. The van der Waals surface area contributed by atoms with E-state index in [1.165, 1.54) is 19.3 Å². The number of nitrogens with one attached hydrogen (secondary N) is 1. The van der Waals surface area contributed by atoms with Crippen LogP contribution in [0.5, 0.6) is 0 Å². The average Bonchev–Trinajstić information content (AvgIpc) is 2.41. The Kier molecular flexibility index (Phi) is 5.82. The Hall–Kier alpha value is -0.640. The van der Waals surface area contributed by atoms with E-state index in [9.17, 15) is 8.42 Å². The summed E-state index contributed by atoms with van der Waals surface area (Å²) >= 11 is 0. The lowest BCUT2D eigenvalue weighted by Gasteiger charge is -2.31. The first-order valence-corrected chi connectivity index (χ1v) is 9.33. The third kappa shape index (κ3) is 5.04. The largest absolute Gasteiger partial charge is 0.290 e. The first kappa shape index (κ1) is 15.7. The normalized spacial score (nSPS) is 23.6. The van der Waals surface area contributed by atoms with Crippen LogP contribution in [0, 0.1) is 17.2 Å². The SMILES string of the molecule is N#CCN1CCC(NS(=O)(=O)CC2CCCCC2)CC1. The molecule has 1 N–H and O–H groups in total. The zero-order chi connectivity index (χ0) is 14.4. The van der Waals surface area contributed by atoms with Crippen LogP contribution in [0.4, 0.5) is 0 Å². The number of hydrogen-bond donors (Lipinski definition) is 1. The number of sulfonamides is 1. The predicted molar refractivity (Wildman–Crippen MR) is 78.6 cm³/mol. The van der Waals surface area contributed by atoms with Crippen LogP contribution < -0.4 is 4.72 Å². The van der Waals surface area contributed by atoms with Gasteiger partial charge >= 0.3 is 0 Å². The van der Waals surface area contributed by atoms with Crippen molar-refractivity contribution in [2.75, 3.05) is 25.4 Å². The Morgan fingerprint density at radius 2 is 1.75 bits per heavy atom. The summed E-state index contributed by atoms with van der Waals surface area (Å²) in [5.74, 6) is 0.644. The van der Waals surface area contributed by atoms with Gasteiger partial charge in [-0.1, -0.05) is 19.3 Å². The maximum Gasteiger partial charge on any atom is 0.212 e.